The number of rotatable bonds is 3. The van der Waals surface area contributed by atoms with Crippen LogP contribution in [0.25, 0.3) is 0 Å². The SMILES string of the molecule is CC(N[S+]([O-])C(C)(C)C)c1cc(Br)ccn1. The van der Waals surface area contributed by atoms with Crippen molar-refractivity contribution in [3.05, 3.63) is 28.5 Å². The Morgan fingerprint density at radius 2 is 2.12 bits per heavy atom. The van der Waals surface area contributed by atoms with E-state index in [-0.39, 0.29) is 10.8 Å². The van der Waals surface area contributed by atoms with Crippen LogP contribution in [0.1, 0.15) is 39.4 Å². The molecule has 16 heavy (non-hydrogen) atoms. The molecule has 0 spiro atoms. The Balaban J connectivity index is 2.69. The van der Waals surface area contributed by atoms with Gasteiger partial charge in [-0.05, 0) is 39.8 Å². The topological polar surface area (TPSA) is 48.0 Å². The standard InChI is InChI=1S/C11H17BrN2OS/c1-8(14-16(15)11(2,3)4)10-7-9(12)5-6-13-10/h5-8,14H,1-4H3. The van der Waals surface area contributed by atoms with Gasteiger partial charge in [-0.15, -0.1) is 4.72 Å². The molecule has 2 unspecified atom stereocenters. The summed E-state index contributed by atoms with van der Waals surface area (Å²) in [5, 5.41) is 0. The number of pyridine rings is 1. The molecule has 1 aromatic heterocycles. The van der Waals surface area contributed by atoms with E-state index in [0.717, 1.165) is 10.2 Å². The van der Waals surface area contributed by atoms with E-state index in [0.29, 0.717) is 0 Å². The van der Waals surface area contributed by atoms with Gasteiger partial charge in [-0.1, -0.05) is 15.9 Å². The molecule has 0 amide bonds. The van der Waals surface area contributed by atoms with E-state index >= 15 is 0 Å². The van der Waals surface area contributed by atoms with Gasteiger partial charge in [0.25, 0.3) is 0 Å². The normalized spacial score (nSPS) is 15.9. The molecule has 1 aromatic rings. The van der Waals surface area contributed by atoms with Gasteiger partial charge in [0.05, 0.1) is 11.7 Å². The Hall–Kier alpha value is -0.100. The minimum absolute atomic E-state index is 0.0300. The van der Waals surface area contributed by atoms with Gasteiger partial charge >= 0.3 is 0 Å². The van der Waals surface area contributed by atoms with Crippen LogP contribution in [0.4, 0.5) is 0 Å². The molecule has 1 rings (SSSR count). The van der Waals surface area contributed by atoms with Crippen molar-refractivity contribution in [2.45, 2.75) is 38.5 Å². The first-order valence-corrected chi connectivity index (χ1v) is 7.04. The van der Waals surface area contributed by atoms with Gasteiger partial charge in [0.15, 0.2) is 0 Å². The first-order chi connectivity index (χ1) is 7.30. The third kappa shape index (κ3) is 4.05. The zero-order valence-corrected chi connectivity index (χ0v) is 12.4. The molecule has 0 aliphatic carbocycles. The van der Waals surface area contributed by atoms with Crippen LogP contribution in [-0.2, 0) is 11.4 Å². The van der Waals surface area contributed by atoms with Crippen molar-refractivity contribution in [1.29, 1.82) is 0 Å². The zero-order chi connectivity index (χ0) is 12.3. The number of hydrogen-bond acceptors (Lipinski definition) is 3. The van der Waals surface area contributed by atoms with Crippen LogP contribution in [0.2, 0.25) is 0 Å². The maximum Gasteiger partial charge on any atom is 0.136 e. The summed E-state index contributed by atoms with van der Waals surface area (Å²) in [6.07, 6.45) is 1.73. The van der Waals surface area contributed by atoms with E-state index in [4.69, 9.17) is 0 Å². The molecule has 0 aromatic carbocycles. The molecule has 0 aliphatic heterocycles. The summed E-state index contributed by atoms with van der Waals surface area (Å²) in [4.78, 5) is 4.25. The third-order valence-electron chi connectivity index (χ3n) is 2.03. The maximum atomic E-state index is 11.9. The monoisotopic (exact) mass is 304 g/mol. The van der Waals surface area contributed by atoms with E-state index in [9.17, 15) is 4.55 Å². The first kappa shape index (κ1) is 14.0. The lowest BCUT2D eigenvalue weighted by atomic mass is 10.2. The molecule has 0 fully saturated rings. The molecule has 2 atom stereocenters. The predicted octanol–water partition coefficient (Wildman–Crippen LogP) is 2.96. The van der Waals surface area contributed by atoms with Gasteiger partial charge in [0, 0.05) is 22.0 Å². The van der Waals surface area contributed by atoms with Crippen LogP contribution < -0.4 is 4.72 Å². The highest BCUT2D eigenvalue weighted by molar-refractivity contribution is 9.10. The molecule has 3 nitrogen and oxygen atoms in total. The quantitative estimate of drug-likeness (QED) is 0.873. The minimum Gasteiger partial charge on any atom is -0.598 e. The molecule has 0 aliphatic rings. The van der Waals surface area contributed by atoms with Crippen LogP contribution in [0.15, 0.2) is 22.8 Å². The average molecular weight is 305 g/mol. The Bertz CT molecular complexity index is 354. The molecule has 0 saturated carbocycles. The second-order valence-corrected chi connectivity index (χ2v) is 7.53. The summed E-state index contributed by atoms with van der Waals surface area (Å²) in [5.41, 5.74) is 0.881. The van der Waals surface area contributed by atoms with E-state index in [1.165, 1.54) is 0 Å². The number of hydrogen-bond donors (Lipinski definition) is 1. The summed E-state index contributed by atoms with van der Waals surface area (Å²) in [5.74, 6) is 0. The van der Waals surface area contributed by atoms with E-state index < -0.39 is 11.4 Å². The molecule has 0 saturated heterocycles. The van der Waals surface area contributed by atoms with Gasteiger partial charge in [-0.3, -0.25) is 4.98 Å². The predicted molar refractivity (Wildman–Crippen MR) is 71.4 cm³/mol. The van der Waals surface area contributed by atoms with E-state index in [2.05, 4.69) is 25.6 Å². The van der Waals surface area contributed by atoms with Crippen molar-refractivity contribution in [2.24, 2.45) is 0 Å². The molecule has 1 N–H and O–H groups in total. The van der Waals surface area contributed by atoms with Crippen molar-refractivity contribution in [2.75, 3.05) is 0 Å². The van der Waals surface area contributed by atoms with Crippen LogP contribution in [0, 0.1) is 0 Å². The van der Waals surface area contributed by atoms with Crippen LogP contribution in [0.5, 0.6) is 0 Å². The Kier molecular flexibility index (Phi) is 4.79. The fourth-order valence-corrected chi connectivity index (χ4v) is 2.20. The molecule has 1 heterocycles. The van der Waals surface area contributed by atoms with Crippen LogP contribution in [-0.4, -0.2) is 14.3 Å². The second-order valence-electron chi connectivity index (χ2n) is 4.62. The highest BCUT2D eigenvalue weighted by Gasteiger charge is 2.28. The zero-order valence-electron chi connectivity index (χ0n) is 9.95. The smallest absolute Gasteiger partial charge is 0.136 e. The number of nitrogens with zero attached hydrogens (tertiary/aromatic N) is 1. The summed E-state index contributed by atoms with van der Waals surface area (Å²) in [6.45, 7) is 7.78. The fourth-order valence-electron chi connectivity index (χ4n) is 1.06. The van der Waals surface area contributed by atoms with Crippen molar-refractivity contribution >= 4 is 27.3 Å². The van der Waals surface area contributed by atoms with Gasteiger partial charge < -0.3 is 4.55 Å². The minimum atomic E-state index is -1.08. The highest BCUT2D eigenvalue weighted by Crippen LogP contribution is 2.20. The van der Waals surface area contributed by atoms with Crippen molar-refractivity contribution < 1.29 is 4.55 Å². The summed E-state index contributed by atoms with van der Waals surface area (Å²) >= 11 is 2.31. The van der Waals surface area contributed by atoms with E-state index in [1.54, 1.807) is 6.20 Å². The summed E-state index contributed by atoms with van der Waals surface area (Å²) in [6, 6.07) is 3.77. The van der Waals surface area contributed by atoms with Crippen molar-refractivity contribution in [3.63, 3.8) is 0 Å². The average Bonchev–Trinajstić information content (AvgIpc) is 2.16. The largest absolute Gasteiger partial charge is 0.598 e. The molecule has 90 valence electrons. The first-order valence-electron chi connectivity index (χ1n) is 5.10. The summed E-state index contributed by atoms with van der Waals surface area (Å²) < 4.78 is 15.7. The third-order valence-corrected chi connectivity index (χ3v) is 4.20. The van der Waals surface area contributed by atoms with Gasteiger partial charge in [0.1, 0.15) is 4.75 Å². The van der Waals surface area contributed by atoms with Gasteiger partial charge in [-0.2, -0.15) is 0 Å². The Morgan fingerprint density at radius 1 is 1.50 bits per heavy atom. The highest BCUT2D eigenvalue weighted by atomic mass is 79.9. The second kappa shape index (κ2) is 5.49. The number of aromatic nitrogens is 1. The molecule has 0 radical (unpaired) electrons. The fraction of sp³-hybridized carbons (Fsp3) is 0.545. The lowest BCUT2D eigenvalue weighted by Crippen LogP contribution is -2.40. The number of halogens is 1. The lowest BCUT2D eigenvalue weighted by molar-refractivity contribution is 0.529. The van der Waals surface area contributed by atoms with Gasteiger partial charge in [-0.25, -0.2) is 0 Å². The van der Waals surface area contributed by atoms with Crippen LogP contribution >= 0.6 is 15.9 Å². The molecular weight excluding hydrogens is 288 g/mol. The number of nitrogens with one attached hydrogen (secondary N) is 1. The molecule has 0 bridgehead atoms. The lowest BCUT2D eigenvalue weighted by Gasteiger charge is -2.26. The van der Waals surface area contributed by atoms with Crippen molar-refractivity contribution in [1.82, 2.24) is 9.71 Å². The van der Waals surface area contributed by atoms with Crippen LogP contribution in [0.3, 0.4) is 0 Å². The van der Waals surface area contributed by atoms with Crippen molar-refractivity contribution in [3.8, 4) is 0 Å². The summed E-state index contributed by atoms with van der Waals surface area (Å²) in [7, 11) is 0. The molecular formula is C11H17BrN2OS. The maximum absolute atomic E-state index is 11.9. The Morgan fingerprint density at radius 3 is 2.62 bits per heavy atom. The molecule has 5 heteroatoms. The Labute approximate surface area is 108 Å². The van der Waals surface area contributed by atoms with E-state index in [1.807, 2.05) is 39.8 Å². The van der Waals surface area contributed by atoms with Gasteiger partial charge in [0.2, 0.25) is 0 Å².